The van der Waals surface area contributed by atoms with Gasteiger partial charge in [0.2, 0.25) is 0 Å². The van der Waals surface area contributed by atoms with Crippen LogP contribution in [0.15, 0.2) is 35.7 Å². The first-order valence-electron chi connectivity index (χ1n) is 7.15. The molecule has 0 aliphatic heterocycles. The minimum absolute atomic E-state index is 0.0694. The molecule has 2 aromatic rings. The van der Waals surface area contributed by atoms with Crippen molar-refractivity contribution in [3.63, 3.8) is 0 Å². The minimum atomic E-state index is -0.319. The van der Waals surface area contributed by atoms with Gasteiger partial charge in [0.25, 0.3) is 0 Å². The molecule has 0 spiro atoms. The third kappa shape index (κ3) is 3.83. The lowest BCUT2D eigenvalue weighted by Crippen LogP contribution is -2.27. The van der Waals surface area contributed by atoms with E-state index in [1.165, 1.54) is 12.0 Å². The summed E-state index contributed by atoms with van der Waals surface area (Å²) in [7, 11) is 1.48. The van der Waals surface area contributed by atoms with E-state index in [2.05, 4.69) is 43.6 Å². The molecule has 0 radical (unpaired) electrons. The summed E-state index contributed by atoms with van der Waals surface area (Å²) < 4.78 is 18.8. The molecular weight excluding hydrogens is 285 g/mol. The van der Waals surface area contributed by atoms with Crippen LogP contribution in [0.25, 0.3) is 0 Å². The highest BCUT2D eigenvalue weighted by Crippen LogP contribution is 2.29. The highest BCUT2D eigenvalue weighted by molar-refractivity contribution is 7.10. The molecule has 21 heavy (non-hydrogen) atoms. The standard InChI is InChI=1S/C17H22FNOS/c1-11(2)17(16-6-5-9-21-16)19-12(3)13-7-8-15(20-4)14(18)10-13/h5-12,17,19H,1-4H3. The van der Waals surface area contributed by atoms with E-state index < -0.39 is 0 Å². The van der Waals surface area contributed by atoms with Crippen molar-refractivity contribution in [3.8, 4) is 5.75 Å². The maximum atomic E-state index is 13.8. The Morgan fingerprint density at radius 1 is 1.19 bits per heavy atom. The Morgan fingerprint density at radius 2 is 1.95 bits per heavy atom. The molecule has 2 rings (SSSR count). The van der Waals surface area contributed by atoms with Crippen LogP contribution in [0.1, 0.15) is 43.3 Å². The fraction of sp³-hybridized carbons (Fsp3) is 0.412. The van der Waals surface area contributed by atoms with Crippen LogP contribution in [0.5, 0.6) is 5.75 Å². The molecule has 0 bridgehead atoms. The molecule has 0 saturated heterocycles. The van der Waals surface area contributed by atoms with Crippen LogP contribution in [0.3, 0.4) is 0 Å². The van der Waals surface area contributed by atoms with Gasteiger partial charge < -0.3 is 10.1 Å². The summed E-state index contributed by atoms with van der Waals surface area (Å²) in [6, 6.07) is 9.68. The van der Waals surface area contributed by atoms with Crippen LogP contribution in [-0.4, -0.2) is 7.11 Å². The van der Waals surface area contributed by atoms with Gasteiger partial charge in [-0.05, 0) is 42.0 Å². The summed E-state index contributed by atoms with van der Waals surface area (Å²) >= 11 is 1.75. The van der Waals surface area contributed by atoms with Crippen molar-refractivity contribution in [2.24, 2.45) is 5.92 Å². The number of ether oxygens (including phenoxy) is 1. The fourth-order valence-corrected chi connectivity index (χ4v) is 3.35. The van der Waals surface area contributed by atoms with Crippen molar-refractivity contribution in [1.29, 1.82) is 0 Å². The van der Waals surface area contributed by atoms with Gasteiger partial charge in [0.05, 0.1) is 7.11 Å². The van der Waals surface area contributed by atoms with Crippen LogP contribution in [0, 0.1) is 11.7 Å². The maximum absolute atomic E-state index is 13.8. The molecule has 0 amide bonds. The number of benzene rings is 1. The van der Waals surface area contributed by atoms with Crippen molar-refractivity contribution >= 4 is 11.3 Å². The summed E-state index contributed by atoms with van der Waals surface area (Å²) in [6.07, 6.45) is 0. The van der Waals surface area contributed by atoms with Gasteiger partial charge in [-0.15, -0.1) is 11.3 Å². The largest absolute Gasteiger partial charge is 0.494 e. The van der Waals surface area contributed by atoms with Crippen LogP contribution in [-0.2, 0) is 0 Å². The van der Waals surface area contributed by atoms with Crippen LogP contribution < -0.4 is 10.1 Å². The van der Waals surface area contributed by atoms with E-state index in [1.54, 1.807) is 23.5 Å². The second-order valence-corrected chi connectivity index (χ2v) is 6.50. The molecule has 1 N–H and O–H groups in total. The molecule has 2 nitrogen and oxygen atoms in total. The fourth-order valence-electron chi connectivity index (χ4n) is 2.39. The van der Waals surface area contributed by atoms with Crippen molar-refractivity contribution in [3.05, 3.63) is 52.0 Å². The number of hydrogen-bond acceptors (Lipinski definition) is 3. The second-order valence-electron chi connectivity index (χ2n) is 5.52. The molecule has 114 valence electrons. The molecule has 4 heteroatoms. The van der Waals surface area contributed by atoms with E-state index in [0.717, 1.165) is 5.56 Å². The number of methoxy groups -OCH3 is 1. The topological polar surface area (TPSA) is 21.3 Å². The van der Waals surface area contributed by atoms with Gasteiger partial charge in [0.1, 0.15) is 0 Å². The first kappa shape index (κ1) is 16.0. The third-order valence-electron chi connectivity index (χ3n) is 3.62. The van der Waals surface area contributed by atoms with Crippen molar-refractivity contribution < 1.29 is 9.13 Å². The molecule has 1 heterocycles. The second kappa shape index (κ2) is 7.05. The SMILES string of the molecule is COc1ccc(C(C)NC(c2cccs2)C(C)C)cc1F. The lowest BCUT2D eigenvalue weighted by atomic mass is 9.99. The molecule has 0 fully saturated rings. The molecule has 1 aromatic heterocycles. The van der Waals surface area contributed by atoms with Gasteiger partial charge in [-0.25, -0.2) is 4.39 Å². The van der Waals surface area contributed by atoms with Crippen molar-refractivity contribution in [2.45, 2.75) is 32.9 Å². The zero-order valence-electron chi connectivity index (χ0n) is 12.9. The van der Waals surface area contributed by atoms with E-state index in [1.807, 2.05) is 6.07 Å². The smallest absolute Gasteiger partial charge is 0.165 e. The molecule has 0 aliphatic rings. The van der Waals surface area contributed by atoms with Crippen LogP contribution in [0.4, 0.5) is 4.39 Å². The third-order valence-corrected chi connectivity index (χ3v) is 4.58. The van der Waals surface area contributed by atoms with Gasteiger partial charge >= 0.3 is 0 Å². The van der Waals surface area contributed by atoms with Gasteiger partial charge in [-0.1, -0.05) is 26.0 Å². The first-order chi connectivity index (χ1) is 10.0. The predicted molar refractivity (Wildman–Crippen MR) is 86.4 cm³/mol. The lowest BCUT2D eigenvalue weighted by molar-refractivity contribution is 0.373. The molecule has 1 aromatic carbocycles. The number of halogens is 1. The highest BCUT2D eigenvalue weighted by Gasteiger charge is 2.20. The average molecular weight is 307 g/mol. The molecule has 2 atom stereocenters. The van der Waals surface area contributed by atoms with Crippen molar-refractivity contribution in [1.82, 2.24) is 5.32 Å². The Labute approximate surface area is 130 Å². The average Bonchev–Trinajstić information content (AvgIpc) is 2.97. The Hall–Kier alpha value is -1.39. The zero-order valence-corrected chi connectivity index (χ0v) is 13.7. The molecular formula is C17H22FNOS. The summed E-state index contributed by atoms with van der Waals surface area (Å²) in [5, 5.41) is 5.69. The Morgan fingerprint density at radius 3 is 2.48 bits per heavy atom. The summed E-state index contributed by atoms with van der Waals surface area (Å²) in [4.78, 5) is 1.31. The maximum Gasteiger partial charge on any atom is 0.165 e. The summed E-state index contributed by atoms with van der Waals surface area (Å²) in [5.41, 5.74) is 0.926. The number of thiophene rings is 1. The van der Waals surface area contributed by atoms with Gasteiger partial charge in [-0.2, -0.15) is 0 Å². The summed E-state index contributed by atoms with van der Waals surface area (Å²) in [6.45, 7) is 6.45. The Bertz CT molecular complexity index is 568. The van der Waals surface area contributed by atoms with Crippen LogP contribution in [0.2, 0.25) is 0 Å². The van der Waals surface area contributed by atoms with E-state index >= 15 is 0 Å². The normalized spacial score (nSPS) is 14.2. The van der Waals surface area contributed by atoms with Gasteiger partial charge in [-0.3, -0.25) is 0 Å². The zero-order chi connectivity index (χ0) is 15.4. The van der Waals surface area contributed by atoms with Gasteiger partial charge in [0, 0.05) is 17.0 Å². The molecule has 0 aliphatic carbocycles. The first-order valence-corrected chi connectivity index (χ1v) is 8.03. The molecule has 0 saturated carbocycles. The number of hydrogen-bond donors (Lipinski definition) is 1. The van der Waals surface area contributed by atoms with Crippen molar-refractivity contribution in [2.75, 3.05) is 7.11 Å². The van der Waals surface area contributed by atoms with E-state index in [0.29, 0.717) is 5.92 Å². The minimum Gasteiger partial charge on any atom is -0.494 e. The number of rotatable bonds is 6. The van der Waals surface area contributed by atoms with Gasteiger partial charge in [0.15, 0.2) is 11.6 Å². The highest BCUT2D eigenvalue weighted by atomic mass is 32.1. The Kier molecular flexibility index (Phi) is 5.37. The van der Waals surface area contributed by atoms with E-state index in [-0.39, 0.29) is 23.7 Å². The lowest BCUT2D eigenvalue weighted by Gasteiger charge is -2.26. The quantitative estimate of drug-likeness (QED) is 0.816. The number of nitrogens with one attached hydrogen (secondary N) is 1. The Balaban J connectivity index is 2.15. The summed E-state index contributed by atoms with van der Waals surface area (Å²) in [5.74, 6) is 0.430. The van der Waals surface area contributed by atoms with E-state index in [4.69, 9.17) is 4.74 Å². The predicted octanol–water partition coefficient (Wildman–Crippen LogP) is 4.94. The molecule has 2 unspecified atom stereocenters. The monoisotopic (exact) mass is 307 g/mol. The van der Waals surface area contributed by atoms with Crippen LogP contribution >= 0.6 is 11.3 Å². The van der Waals surface area contributed by atoms with E-state index in [9.17, 15) is 4.39 Å².